The molecule has 6 bridgehead atoms. The van der Waals surface area contributed by atoms with Crippen LogP contribution < -0.4 is 10.9 Å². The minimum atomic E-state index is 0.376. The minimum Gasteiger partial charge on any atom is -0.259 e. The predicted molar refractivity (Wildman–Crippen MR) is 79.6 cm³/mol. The molecule has 7 rings (SSSR count). The van der Waals surface area contributed by atoms with Gasteiger partial charge in [0.1, 0.15) is 12.2 Å². The van der Waals surface area contributed by atoms with Crippen LogP contribution in [0.3, 0.4) is 0 Å². The Morgan fingerprint density at radius 3 is 2.62 bits per heavy atom. The normalized spacial score (nSPS) is 68.9. The van der Waals surface area contributed by atoms with Gasteiger partial charge in [0.2, 0.25) is 0 Å². The molecule has 3 aliphatic carbocycles. The third-order valence-electron chi connectivity index (χ3n) is 9.62. The maximum atomic E-state index is 4.00. The second kappa shape index (κ2) is 3.08. The molecule has 4 heterocycles. The summed E-state index contributed by atoms with van der Waals surface area (Å²) in [6, 6.07) is 1.56. The number of nitrogens with one attached hydrogen (secondary N) is 1. The van der Waals surface area contributed by atoms with Gasteiger partial charge in [-0.2, -0.15) is 0 Å². The molecule has 21 heavy (non-hydrogen) atoms. The van der Waals surface area contributed by atoms with Crippen LogP contribution in [0.15, 0.2) is 0 Å². The van der Waals surface area contributed by atoms with E-state index in [4.69, 9.17) is 0 Å². The summed E-state index contributed by atoms with van der Waals surface area (Å²) >= 11 is 0. The number of hydrazine groups is 1. The molecule has 7 aliphatic rings. The highest BCUT2D eigenvalue weighted by atomic mass is 15.8. The Hall–Kier alpha value is -0.160. The average Bonchev–Trinajstić information content (AvgIpc) is 3.00. The summed E-state index contributed by atoms with van der Waals surface area (Å²) in [4.78, 5) is 0. The fourth-order valence-electron chi connectivity index (χ4n) is 8.28. The van der Waals surface area contributed by atoms with Crippen molar-refractivity contribution in [3.8, 4) is 0 Å². The summed E-state index contributed by atoms with van der Waals surface area (Å²) in [5.41, 5.74) is 7.79. The van der Waals surface area contributed by atoms with Crippen molar-refractivity contribution in [1.29, 1.82) is 0 Å². The maximum Gasteiger partial charge on any atom is 0.123 e. The van der Waals surface area contributed by atoms with Crippen molar-refractivity contribution in [2.75, 3.05) is 6.67 Å². The Balaban J connectivity index is 1.62. The lowest BCUT2D eigenvalue weighted by atomic mass is 9.56. The lowest BCUT2D eigenvalue weighted by Crippen LogP contribution is -3.09. The summed E-state index contributed by atoms with van der Waals surface area (Å²) in [6.07, 6.45) is 4.44. The quantitative estimate of drug-likeness (QED) is 0.639. The summed E-state index contributed by atoms with van der Waals surface area (Å²) in [5, 5.41) is 5.36. The zero-order valence-electron chi connectivity index (χ0n) is 13.8. The van der Waals surface area contributed by atoms with E-state index in [0.717, 1.165) is 42.4 Å². The Morgan fingerprint density at radius 1 is 1.05 bits per heavy atom. The standard InChI is InChI=1S/C17H28N4/c1-15(2)16(3)11-12-14-10-7-5-6-9(10)13(11)18-20(14)8-21(19-16)17(12,15)4/h9-14,18-19H,5-8H2,1-4H3/p+1/t9-,10+,11+,12-,13-,14+,16-,17+/m1/s1. The Labute approximate surface area is 127 Å². The molecule has 9 atom stereocenters. The van der Waals surface area contributed by atoms with Gasteiger partial charge in [-0.1, -0.05) is 20.3 Å². The number of fused-ring (bicyclic) bond motifs is 1. The molecule has 0 aromatic heterocycles. The molecule has 1 unspecified atom stereocenters. The predicted octanol–water partition coefficient (Wildman–Crippen LogP) is 0.528. The van der Waals surface area contributed by atoms with Gasteiger partial charge in [-0.25, -0.2) is 10.4 Å². The van der Waals surface area contributed by atoms with E-state index >= 15 is 0 Å². The molecule has 0 radical (unpaired) electrons. The fourth-order valence-corrected chi connectivity index (χ4v) is 8.28. The van der Waals surface area contributed by atoms with Crippen molar-refractivity contribution in [3.63, 3.8) is 0 Å². The Kier molecular flexibility index (Phi) is 1.80. The van der Waals surface area contributed by atoms with Gasteiger partial charge in [-0.3, -0.25) is 5.43 Å². The van der Waals surface area contributed by atoms with Gasteiger partial charge in [0.15, 0.2) is 0 Å². The minimum absolute atomic E-state index is 0.376. The van der Waals surface area contributed by atoms with E-state index < -0.39 is 0 Å². The highest BCUT2D eigenvalue weighted by Crippen LogP contribution is 2.71. The number of hydrogen-bond donors (Lipinski definition) is 2. The van der Waals surface area contributed by atoms with Crippen LogP contribution in [0, 0.1) is 29.1 Å². The van der Waals surface area contributed by atoms with Crippen LogP contribution in [-0.2, 0) is 0 Å². The molecular weight excluding hydrogens is 260 g/mol. The van der Waals surface area contributed by atoms with Gasteiger partial charge < -0.3 is 0 Å². The first kappa shape index (κ1) is 12.3. The summed E-state index contributed by atoms with van der Waals surface area (Å²) in [7, 11) is 0. The monoisotopic (exact) mass is 289 g/mol. The zero-order chi connectivity index (χ0) is 14.4. The van der Waals surface area contributed by atoms with Crippen molar-refractivity contribution in [2.24, 2.45) is 29.1 Å². The first-order chi connectivity index (χ1) is 9.91. The van der Waals surface area contributed by atoms with Gasteiger partial charge in [-0.15, -0.1) is 5.01 Å². The topological polar surface area (TPSA) is 35.1 Å². The van der Waals surface area contributed by atoms with E-state index in [9.17, 15) is 0 Å². The van der Waals surface area contributed by atoms with Crippen molar-refractivity contribution < 1.29 is 5.43 Å². The van der Waals surface area contributed by atoms with Gasteiger partial charge in [0.25, 0.3) is 0 Å². The lowest BCUT2D eigenvalue weighted by Gasteiger charge is -2.68. The van der Waals surface area contributed by atoms with Crippen LogP contribution in [0.1, 0.15) is 47.0 Å². The first-order valence-corrected chi connectivity index (χ1v) is 9.07. The Bertz CT molecular complexity index is 547. The Morgan fingerprint density at radius 2 is 1.81 bits per heavy atom. The summed E-state index contributed by atoms with van der Waals surface area (Å²) < 4.78 is 0. The molecule has 116 valence electrons. The molecule has 3 saturated carbocycles. The van der Waals surface area contributed by atoms with Crippen LogP contribution >= 0.6 is 0 Å². The van der Waals surface area contributed by atoms with Crippen molar-refractivity contribution >= 4 is 0 Å². The number of nitrogens with two attached hydrogens (primary N) is 1. The number of quaternary nitrogens is 1. The molecule has 4 aliphatic heterocycles. The SMILES string of the molecule is CC1(C)[C@]2(C)[NH2+]N3CN4N[C@@H]5[C@@H]6CCC[C@@H]6[C@H]4[C@@H]([C@@H]52)[C@]31C. The van der Waals surface area contributed by atoms with Crippen LogP contribution in [0.2, 0.25) is 0 Å². The second-order valence-electron chi connectivity index (χ2n) is 9.72. The molecule has 3 N–H and O–H groups in total. The van der Waals surface area contributed by atoms with Crippen molar-refractivity contribution in [2.45, 2.75) is 70.1 Å². The lowest BCUT2D eigenvalue weighted by molar-refractivity contribution is -0.870. The summed E-state index contributed by atoms with van der Waals surface area (Å²) in [6.45, 7) is 11.4. The van der Waals surface area contributed by atoms with E-state index in [1.165, 1.54) is 19.3 Å². The van der Waals surface area contributed by atoms with Gasteiger partial charge >= 0.3 is 0 Å². The van der Waals surface area contributed by atoms with Crippen molar-refractivity contribution in [1.82, 2.24) is 15.4 Å². The van der Waals surface area contributed by atoms with Gasteiger partial charge in [0, 0.05) is 29.3 Å². The zero-order valence-corrected chi connectivity index (χ0v) is 13.8. The smallest absolute Gasteiger partial charge is 0.123 e. The van der Waals surface area contributed by atoms with E-state index in [0.29, 0.717) is 16.5 Å². The van der Waals surface area contributed by atoms with E-state index in [1.807, 2.05) is 0 Å². The molecular formula is C17H29N4+. The van der Waals surface area contributed by atoms with Crippen molar-refractivity contribution in [3.05, 3.63) is 0 Å². The largest absolute Gasteiger partial charge is 0.259 e. The molecule has 0 spiro atoms. The molecule has 0 amide bonds. The van der Waals surface area contributed by atoms with Crippen LogP contribution in [0.4, 0.5) is 0 Å². The molecule has 4 nitrogen and oxygen atoms in total. The summed E-state index contributed by atoms with van der Waals surface area (Å²) in [5.74, 6) is 3.68. The van der Waals surface area contributed by atoms with E-state index in [2.05, 4.69) is 48.6 Å². The van der Waals surface area contributed by atoms with Crippen LogP contribution in [0.5, 0.6) is 0 Å². The van der Waals surface area contributed by atoms with Gasteiger partial charge in [0.05, 0.1) is 5.54 Å². The van der Waals surface area contributed by atoms with Crippen LogP contribution in [0.25, 0.3) is 0 Å². The number of hydrogen-bond acceptors (Lipinski definition) is 3. The second-order valence-corrected chi connectivity index (χ2v) is 9.72. The maximum absolute atomic E-state index is 4.00. The number of nitrogens with zero attached hydrogens (tertiary/aromatic N) is 2. The highest BCUT2D eigenvalue weighted by Gasteiger charge is 2.86. The molecule has 4 saturated heterocycles. The molecule has 4 heteroatoms. The highest BCUT2D eigenvalue weighted by molar-refractivity contribution is 5.31. The first-order valence-electron chi connectivity index (χ1n) is 9.07. The van der Waals surface area contributed by atoms with E-state index in [-0.39, 0.29) is 0 Å². The fraction of sp³-hybridized carbons (Fsp3) is 1.00. The third-order valence-corrected chi connectivity index (χ3v) is 9.62. The molecule has 0 aromatic rings. The average molecular weight is 289 g/mol. The van der Waals surface area contributed by atoms with Crippen LogP contribution in [-0.4, -0.2) is 39.8 Å². The van der Waals surface area contributed by atoms with Gasteiger partial charge in [-0.05, 0) is 38.5 Å². The molecule has 0 aromatic carbocycles. The third kappa shape index (κ3) is 0.920. The molecule has 7 fully saturated rings. The van der Waals surface area contributed by atoms with E-state index in [1.54, 1.807) is 0 Å². The number of rotatable bonds is 0.